The Balaban J connectivity index is 0.00000106. The zero-order chi connectivity index (χ0) is 13.0. The van der Waals surface area contributed by atoms with Crippen LogP contribution < -0.4 is 5.32 Å². The number of hydrogen-bond donors (Lipinski definition) is 1. The van der Waals surface area contributed by atoms with Gasteiger partial charge in [-0.3, -0.25) is 0 Å². The summed E-state index contributed by atoms with van der Waals surface area (Å²) in [5.41, 5.74) is 0.453. The minimum Gasteiger partial charge on any atom is -0.398 e. The molecule has 0 aromatic rings. The van der Waals surface area contributed by atoms with Crippen molar-refractivity contribution in [2.75, 3.05) is 7.05 Å². The quantitative estimate of drug-likeness (QED) is 0.736. The van der Waals surface area contributed by atoms with Crippen LogP contribution >= 0.6 is 0 Å². The van der Waals surface area contributed by atoms with E-state index in [0.29, 0.717) is 0 Å². The molecule has 0 bridgehead atoms. The van der Waals surface area contributed by atoms with Gasteiger partial charge in [0.1, 0.15) is 0 Å². The fourth-order valence-electron chi connectivity index (χ4n) is 1.37. The average Bonchev–Trinajstić information content (AvgIpc) is 2.41. The molecule has 0 amide bonds. The summed E-state index contributed by atoms with van der Waals surface area (Å²) in [6.45, 7) is 14.2. The van der Waals surface area contributed by atoms with Gasteiger partial charge in [0, 0.05) is 12.6 Å². The molecule has 1 rings (SSSR count). The smallest absolute Gasteiger partial charge is 0.398 e. The van der Waals surface area contributed by atoms with Crippen LogP contribution in [0, 0.1) is 0 Å². The van der Waals surface area contributed by atoms with Crippen molar-refractivity contribution >= 4 is 7.12 Å². The molecule has 0 atom stereocenters. The van der Waals surface area contributed by atoms with E-state index in [1.54, 1.807) is 0 Å². The zero-order valence-electron chi connectivity index (χ0n) is 12.0. The Morgan fingerprint density at radius 1 is 1.06 bits per heavy atom. The predicted molar refractivity (Wildman–Crippen MR) is 70.2 cm³/mol. The van der Waals surface area contributed by atoms with Gasteiger partial charge >= 0.3 is 7.12 Å². The van der Waals surface area contributed by atoms with Crippen molar-refractivity contribution in [3.05, 3.63) is 11.7 Å². The summed E-state index contributed by atoms with van der Waals surface area (Å²) < 4.78 is 11.7. The van der Waals surface area contributed by atoms with Crippen molar-refractivity contribution in [1.29, 1.82) is 0 Å². The van der Waals surface area contributed by atoms with Crippen LogP contribution in [-0.4, -0.2) is 25.4 Å². The van der Waals surface area contributed by atoms with E-state index in [2.05, 4.69) is 33.0 Å². The fourth-order valence-corrected chi connectivity index (χ4v) is 1.37. The van der Waals surface area contributed by atoms with Crippen molar-refractivity contribution in [2.24, 2.45) is 0 Å². The largest absolute Gasteiger partial charge is 0.511 e. The molecule has 1 aliphatic heterocycles. The van der Waals surface area contributed by atoms with Crippen LogP contribution in [0.1, 0.15) is 48.5 Å². The Morgan fingerprint density at radius 3 is 1.69 bits per heavy atom. The summed E-state index contributed by atoms with van der Waals surface area (Å²) in [5, 5.41) is 3.08. The lowest BCUT2D eigenvalue weighted by atomic mass is 9.84. The number of allylic oxidation sites excluding steroid dienone is 1. The van der Waals surface area contributed by atoms with Gasteiger partial charge in [-0.25, -0.2) is 0 Å². The summed E-state index contributed by atoms with van der Waals surface area (Å²) in [7, 11) is 1.61. The second kappa shape index (κ2) is 5.73. The van der Waals surface area contributed by atoms with Gasteiger partial charge in [-0.05, 0) is 34.6 Å². The Bertz CT molecular complexity index is 233. The highest BCUT2D eigenvalue weighted by atomic mass is 16.7. The van der Waals surface area contributed by atoms with Gasteiger partial charge in [0.05, 0.1) is 11.2 Å². The first-order valence-electron chi connectivity index (χ1n) is 6.03. The van der Waals surface area contributed by atoms with Gasteiger partial charge in [0.25, 0.3) is 0 Å². The Kier molecular flexibility index (Phi) is 5.56. The third kappa shape index (κ3) is 3.02. The molecule has 1 N–H and O–H groups in total. The fraction of sp³-hybridized carbons (Fsp3) is 0.833. The van der Waals surface area contributed by atoms with E-state index in [0.717, 1.165) is 5.60 Å². The summed E-state index contributed by atoms with van der Waals surface area (Å²) in [6, 6.07) is 0. The van der Waals surface area contributed by atoms with E-state index in [1.165, 1.54) is 0 Å². The van der Waals surface area contributed by atoms with Crippen molar-refractivity contribution in [3.8, 4) is 0 Å². The van der Waals surface area contributed by atoms with E-state index < -0.39 is 0 Å². The molecule has 0 aromatic carbocycles. The van der Waals surface area contributed by atoms with Gasteiger partial charge in [-0.1, -0.05) is 19.9 Å². The SMILES string of the molecule is C/C=C(\NC)B1OC(C)(C)C(C)(C)O1.CC. The van der Waals surface area contributed by atoms with Crippen molar-refractivity contribution in [2.45, 2.75) is 59.7 Å². The van der Waals surface area contributed by atoms with Gasteiger partial charge in [-0.2, -0.15) is 0 Å². The predicted octanol–water partition coefficient (Wildman–Crippen LogP) is 2.77. The highest BCUT2D eigenvalue weighted by molar-refractivity contribution is 6.54. The second-order valence-corrected chi connectivity index (χ2v) is 4.58. The summed E-state index contributed by atoms with van der Waals surface area (Å²) in [6.07, 6.45) is 1.97. The zero-order valence-corrected chi connectivity index (χ0v) is 12.0. The minimum atomic E-state index is -0.269. The van der Waals surface area contributed by atoms with Crippen LogP contribution in [0.4, 0.5) is 0 Å². The molecule has 0 unspecified atom stereocenters. The van der Waals surface area contributed by atoms with E-state index in [9.17, 15) is 0 Å². The van der Waals surface area contributed by atoms with Crippen molar-refractivity contribution < 1.29 is 9.31 Å². The monoisotopic (exact) mass is 227 g/mol. The maximum absolute atomic E-state index is 5.85. The first-order chi connectivity index (χ1) is 7.34. The molecule has 94 valence electrons. The van der Waals surface area contributed by atoms with Gasteiger partial charge < -0.3 is 14.6 Å². The van der Waals surface area contributed by atoms with E-state index >= 15 is 0 Å². The third-order valence-corrected chi connectivity index (χ3v) is 3.11. The number of rotatable bonds is 2. The average molecular weight is 227 g/mol. The van der Waals surface area contributed by atoms with Crippen LogP contribution in [0.2, 0.25) is 0 Å². The highest BCUT2D eigenvalue weighted by Gasteiger charge is 2.52. The molecule has 1 saturated heterocycles. The molecule has 16 heavy (non-hydrogen) atoms. The molecule has 0 aromatic heterocycles. The standard InChI is InChI=1S/C10H20BNO2.C2H6/c1-7-8(12-6)11-13-9(2,3)10(4,5)14-11;1-2/h7,12H,1-6H3;1-2H3/b8-7-;. The number of hydrogen-bond acceptors (Lipinski definition) is 3. The van der Waals surface area contributed by atoms with Crippen LogP contribution in [-0.2, 0) is 9.31 Å². The van der Waals surface area contributed by atoms with E-state index in [-0.39, 0.29) is 18.3 Å². The van der Waals surface area contributed by atoms with Crippen LogP contribution in [0.15, 0.2) is 11.7 Å². The van der Waals surface area contributed by atoms with Gasteiger partial charge in [0.2, 0.25) is 0 Å². The van der Waals surface area contributed by atoms with E-state index in [1.807, 2.05) is 33.9 Å². The lowest BCUT2D eigenvalue weighted by Gasteiger charge is -2.32. The molecule has 0 spiro atoms. The lowest BCUT2D eigenvalue weighted by Crippen LogP contribution is -2.41. The molecule has 4 heteroatoms. The lowest BCUT2D eigenvalue weighted by molar-refractivity contribution is 0.00578. The Labute approximate surface area is 101 Å². The molecule has 0 radical (unpaired) electrons. The third-order valence-electron chi connectivity index (χ3n) is 3.11. The summed E-state index contributed by atoms with van der Waals surface area (Å²) in [5.74, 6) is 0. The molecule has 0 saturated carbocycles. The van der Waals surface area contributed by atoms with Crippen LogP contribution in [0.25, 0.3) is 0 Å². The molecular formula is C12H26BNO2. The molecule has 0 aliphatic carbocycles. The minimum absolute atomic E-state index is 0.261. The van der Waals surface area contributed by atoms with Gasteiger partial charge in [-0.15, -0.1) is 0 Å². The van der Waals surface area contributed by atoms with Gasteiger partial charge in [0.15, 0.2) is 0 Å². The Hall–Kier alpha value is -0.475. The molecular weight excluding hydrogens is 201 g/mol. The summed E-state index contributed by atoms with van der Waals surface area (Å²) >= 11 is 0. The molecule has 3 nitrogen and oxygen atoms in total. The summed E-state index contributed by atoms with van der Waals surface area (Å²) in [4.78, 5) is 0. The second-order valence-electron chi connectivity index (χ2n) is 4.58. The molecule has 1 aliphatic rings. The van der Waals surface area contributed by atoms with Crippen LogP contribution in [0.5, 0.6) is 0 Å². The van der Waals surface area contributed by atoms with Crippen molar-refractivity contribution in [1.82, 2.24) is 5.32 Å². The first-order valence-corrected chi connectivity index (χ1v) is 6.03. The maximum atomic E-state index is 5.85. The highest BCUT2D eigenvalue weighted by Crippen LogP contribution is 2.37. The number of nitrogens with one attached hydrogen (secondary N) is 1. The van der Waals surface area contributed by atoms with E-state index in [4.69, 9.17) is 9.31 Å². The topological polar surface area (TPSA) is 30.5 Å². The maximum Gasteiger partial charge on any atom is 0.511 e. The normalized spacial score (nSPS) is 22.5. The first kappa shape index (κ1) is 15.5. The molecule has 1 fully saturated rings. The van der Waals surface area contributed by atoms with Crippen molar-refractivity contribution in [3.63, 3.8) is 0 Å². The molecule has 1 heterocycles. The van der Waals surface area contributed by atoms with Crippen LogP contribution in [0.3, 0.4) is 0 Å². The Morgan fingerprint density at radius 2 is 1.44 bits per heavy atom.